The highest BCUT2D eigenvalue weighted by Crippen LogP contribution is 2.41. The zero-order chi connectivity index (χ0) is 15.4. The van der Waals surface area contributed by atoms with Gasteiger partial charge >= 0.3 is 0 Å². The zero-order valence-electron chi connectivity index (χ0n) is 12.1. The quantitative estimate of drug-likeness (QED) is 0.662. The van der Waals surface area contributed by atoms with Gasteiger partial charge in [-0.2, -0.15) is 0 Å². The number of ether oxygens (including phenoxy) is 2. The van der Waals surface area contributed by atoms with E-state index in [4.69, 9.17) is 14.6 Å². The second-order valence-corrected chi connectivity index (χ2v) is 5.21. The second-order valence-electron chi connectivity index (χ2n) is 5.21. The van der Waals surface area contributed by atoms with Crippen LogP contribution in [0.3, 0.4) is 0 Å². The molecule has 0 aliphatic carbocycles. The Balaban J connectivity index is 0.000000174. The zero-order valence-corrected chi connectivity index (χ0v) is 12.1. The van der Waals surface area contributed by atoms with Crippen LogP contribution in [0.25, 0.3) is 0 Å². The summed E-state index contributed by atoms with van der Waals surface area (Å²) in [6.45, 7) is 1.47. The Morgan fingerprint density at radius 1 is 1.00 bits per heavy atom. The van der Waals surface area contributed by atoms with Crippen molar-refractivity contribution in [3.05, 3.63) is 48.3 Å². The number of anilines is 2. The van der Waals surface area contributed by atoms with Crippen molar-refractivity contribution in [2.45, 2.75) is 18.9 Å². The van der Waals surface area contributed by atoms with Crippen molar-refractivity contribution < 1.29 is 19.0 Å². The van der Waals surface area contributed by atoms with Gasteiger partial charge in [0.2, 0.25) is 0 Å². The van der Waals surface area contributed by atoms with Crippen LogP contribution in [0.4, 0.5) is 15.8 Å². The number of benzene rings is 2. The number of hydrogen-bond acceptors (Lipinski definition) is 4. The van der Waals surface area contributed by atoms with Gasteiger partial charge in [-0.25, -0.2) is 4.39 Å². The first kappa shape index (κ1) is 14.8. The van der Waals surface area contributed by atoms with E-state index in [-0.39, 0.29) is 11.9 Å². The van der Waals surface area contributed by atoms with Gasteiger partial charge in [0.05, 0.1) is 17.5 Å². The minimum atomic E-state index is -0.274. The molecule has 5 heteroatoms. The van der Waals surface area contributed by atoms with Gasteiger partial charge in [0.25, 0.3) is 0 Å². The lowest BCUT2D eigenvalue weighted by atomic mass is 10.2. The van der Waals surface area contributed by atoms with E-state index in [1.807, 2.05) is 24.3 Å². The Bertz CT molecular complexity index is 642. The second kappa shape index (κ2) is 6.77. The molecule has 0 atom stereocenters. The standard InChI is InChI=1S/C12H8FNO.C5H10O2/c13-8-5-6-12-10(7-8)14-9-3-1-2-4-11(9)15-12;6-5-1-3-7-4-2-5/h1-7,14H;5-6H,1-4H2. The van der Waals surface area contributed by atoms with Gasteiger partial charge in [-0.15, -0.1) is 0 Å². The third-order valence-electron chi connectivity index (χ3n) is 3.51. The summed E-state index contributed by atoms with van der Waals surface area (Å²) in [4.78, 5) is 0. The summed E-state index contributed by atoms with van der Waals surface area (Å²) >= 11 is 0. The van der Waals surface area contributed by atoms with Crippen LogP contribution in [-0.2, 0) is 4.74 Å². The highest BCUT2D eigenvalue weighted by atomic mass is 19.1. The SMILES string of the molecule is Fc1ccc2c(c1)Nc1ccccc1O2.OC1CCOCC1. The van der Waals surface area contributed by atoms with Crippen LogP contribution < -0.4 is 10.1 Å². The molecule has 2 N–H and O–H groups in total. The average Bonchev–Trinajstić information content (AvgIpc) is 2.54. The van der Waals surface area contributed by atoms with Crippen molar-refractivity contribution in [3.63, 3.8) is 0 Å². The predicted octanol–water partition coefficient (Wildman–Crippen LogP) is 3.83. The van der Waals surface area contributed by atoms with Crippen molar-refractivity contribution in [1.29, 1.82) is 0 Å². The van der Waals surface area contributed by atoms with Crippen molar-refractivity contribution in [2.24, 2.45) is 0 Å². The summed E-state index contributed by atoms with van der Waals surface area (Å²) in [7, 11) is 0. The van der Waals surface area contributed by atoms with E-state index >= 15 is 0 Å². The summed E-state index contributed by atoms with van der Waals surface area (Å²) in [6.07, 6.45) is 1.55. The van der Waals surface area contributed by atoms with Crippen molar-refractivity contribution in [3.8, 4) is 11.5 Å². The molecule has 0 spiro atoms. The maximum Gasteiger partial charge on any atom is 0.151 e. The molecule has 0 saturated carbocycles. The number of rotatable bonds is 0. The highest BCUT2D eigenvalue weighted by molar-refractivity contribution is 5.75. The van der Waals surface area contributed by atoms with E-state index in [1.54, 1.807) is 6.07 Å². The minimum absolute atomic E-state index is 0.0891. The number of halogens is 1. The lowest BCUT2D eigenvalue weighted by molar-refractivity contribution is 0.0140. The van der Waals surface area contributed by atoms with Crippen LogP contribution >= 0.6 is 0 Å². The first-order valence-electron chi connectivity index (χ1n) is 7.31. The lowest BCUT2D eigenvalue weighted by Crippen LogP contribution is -2.19. The fourth-order valence-corrected chi connectivity index (χ4v) is 2.30. The van der Waals surface area contributed by atoms with Crippen molar-refractivity contribution in [1.82, 2.24) is 0 Å². The summed E-state index contributed by atoms with van der Waals surface area (Å²) in [5.74, 6) is 1.14. The lowest BCUT2D eigenvalue weighted by Gasteiger charge is -2.21. The number of aliphatic hydroxyl groups excluding tert-OH is 1. The Morgan fingerprint density at radius 2 is 1.73 bits per heavy atom. The molecular weight excluding hydrogens is 285 g/mol. The average molecular weight is 303 g/mol. The van der Waals surface area contributed by atoms with Crippen LogP contribution in [0.2, 0.25) is 0 Å². The van der Waals surface area contributed by atoms with Gasteiger partial charge in [0.1, 0.15) is 5.82 Å². The summed E-state index contributed by atoms with van der Waals surface area (Å²) in [6, 6.07) is 12.0. The molecular formula is C17H18FNO3. The van der Waals surface area contributed by atoms with Crippen LogP contribution in [0.15, 0.2) is 42.5 Å². The van der Waals surface area contributed by atoms with E-state index in [1.165, 1.54) is 12.1 Å². The molecule has 2 aliphatic heterocycles. The smallest absolute Gasteiger partial charge is 0.151 e. The Hall–Kier alpha value is -2.11. The molecule has 22 heavy (non-hydrogen) atoms. The van der Waals surface area contributed by atoms with Crippen LogP contribution in [-0.4, -0.2) is 24.4 Å². The summed E-state index contributed by atoms with van der Waals surface area (Å²) < 4.78 is 23.6. The maximum atomic E-state index is 13.0. The van der Waals surface area contributed by atoms with Gasteiger partial charge in [-0.05, 0) is 37.1 Å². The third kappa shape index (κ3) is 3.55. The highest BCUT2D eigenvalue weighted by Gasteiger charge is 2.15. The number of nitrogens with one attached hydrogen (secondary N) is 1. The van der Waals surface area contributed by atoms with E-state index in [0.29, 0.717) is 11.4 Å². The van der Waals surface area contributed by atoms with Crippen LogP contribution in [0.5, 0.6) is 11.5 Å². The van der Waals surface area contributed by atoms with Crippen molar-refractivity contribution in [2.75, 3.05) is 18.5 Å². The molecule has 1 fully saturated rings. The van der Waals surface area contributed by atoms with Gasteiger partial charge in [0.15, 0.2) is 11.5 Å². The molecule has 2 aromatic carbocycles. The van der Waals surface area contributed by atoms with E-state index in [2.05, 4.69) is 5.32 Å². The first-order valence-corrected chi connectivity index (χ1v) is 7.31. The molecule has 2 aliphatic rings. The van der Waals surface area contributed by atoms with E-state index < -0.39 is 0 Å². The molecule has 0 aromatic heterocycles. The molecule has 0 radical (unpaired) electrons. The minimum Gasteiger partial charge on any atom is -0.453 e. The number of aliphatic hydroxyl groups is 1. The largest absolute Gasteiger partial charge is 0.453 e. The summed E-state index contributed by atoms with van der Waals surface area (Å²) in [5.41, 5.74) is 1.52. The molecule has 0 bridgehead atoms. The predicted molar refractivity (Wildman–Crippen MR) is 82.3 cm³/mol. The monoisotopic (exact) mass is 303 g/mol. The Morgan fingerprint density at radius 3 is 2.45 bits per heavy atom. The van der Waals surface area contributed by atoms with Crippen molar-refractivity contribution >= 4 is 11.4 Å². The number of hydrogen-bond donors (Lipinski definition) is 2. The molecule has 4 nitrogen and oxygen atoms in total. The number of para-hydroxylation sites is 2. The normalized spacial score (nSPS) is 16.3. The molecule has 2 aromatic rings. The van der Waals surface area contributed by atoms with Crippen LogP contribution in [0, 0.1) is 5.82 Å². The molecule has 2 heterocycles. The molecule has 4 rings (SSSR count). The topological polar surface area (TPSA) is 50.7 Å². The molecule has 116 valence electrons. The first-order chi connectivity index (χ1) is 10.7. The van der Waals surface area contributed by atoms with E-state index in [9.17, 15) is 4.39 Å². The number of fused-ring (bicyclic) bond motifs is 2. The van der Waals surface area contributed by atoms with E-state index in [0.717, 1.165) is 37.5 Å². The fourth-order valence-electron chi connectivity index (χ4n) is 2.30. The van der Waals surface area contributed by atoms with Gasteiger partial charge < -0.3 is 19.9 Å². The van der Waals surface area contributed by atoms with Gasteiger partial charge in [-0.1, -0.05) is 12.1 Å². The molecule has 1 saturated heterocycles. The Kier molecular flexibility index (Phi) is 4.56. The molecule has 0 amide bonds. The van der Waals surface area contributed by atoms with Crippen LogP contribution in [0.1, 0.15) is 12.8 Å². The third-order valence-corrected chi connectivity index (χ3v) is 3.51. The Labute approximate surface area is 128 Å². The molecule has 0 unspecified atom stereocenters. The fraction of sp³-hybridized carbons (Fsp3) is 0.294. The van der Waals surface area contributed by atoms with Gasteiger partial charge in [0, 0.05) is 19.3 Å². The maximum absolute atomic E-state index is 13.0. The van der Waals surface area contributed by atoms with Gasteiger partial charge in [-0.3, -0.25) is 0 Å². The summed E-state index contributed by atoms with van der Waals surface area (Å²) in [5, 5.41) is 11.9.